The van der Waals surface area contributed by atoms with E-state index in [0.717, 1.165) is 6.42 Å². The fourth-order valence-electron chi connectivity index (χ4n) is 1.58. The lowest BCUT2D eigenvalue weighted by atomic mass is 10.1. The van der Waals surface area contributed by atoms with E-state index in [0.29, 0.717) is 12.3 Å². The van der Waals surface area contributed by atoms with Gasteiger partial charge in [0.05, 0.1) is 5.69 Å². The van der Waals surface area contributed by atoms with Gasteiger partial charge in [-0.3, -0.25) is 0 Å². The zero-order valence-electron chi connectivity index (χ0n) is 11.0. The molecule has 0 aliphatic heterocycles. The lowest BCUT2D eigenvalue weighted by Crippen LogP contribution is -1.87. The fourth-order valence-corrected chi connectivity index (χ4v) is 1.58. The molecule has 0 radical (unpaired) electrons. The smallest absolute Gasteiger partial charge is 0.119 e. The standard InChI is InChI=1S/C14H22N2O2/c1-2-3-4-5-6-7-12-18-16-15-13-8-10-14(17)11-9-13/h8-11,17H,2-7,12H2,1H3. The highest BCUT2D eigenvalue weighted by molar-refractivity contribution is 5.39. The molecule has 0 atom stereocenters. The van der Waals surface area contributed by atoms with Crippen molar-refractivity contribution in [1.29, 1.82) is 0 Å². The maximum absolute atomic E-state index is 9.08. The molecule has 0 unspecified atom stereocenters. The van der Waals surface area contributed by atoms with Gasteiger partial charge in [0.25, 0.3) is 0 Å². The molecular weight excluding hydrogens is 228 g/mol. The summed E-state index contributed by atoms with van der Waals surface area (Å²) in [6.45, 7) is 2.83. The Hall–Kier alpha value is -1.58. The molecule has 0 aliphatic rings. The molecule has 0 amide bonds. The number of rotatable bonds is 9. The molecule has 100 valence electrons. The van der Waals surface area contributed by atoms with Crippen molar-refractivity contribution in [2.24, 2.45) is 10.4 Å². The zero-order valence-corrected chi connectivity index (χ0v) is 11.0. The molecule has 0 fully saturated rings. The number of hydrogen-bond acceptors (Lipinski definition) is 4. The number of hydrogen-bond donors (Lipinski definition) is 1. The first-order valence-corrected chi connectivity index (χ1v) is 6.65. The van der Waals surface area contributed by atoms with Crippen LogP contribution < -0.4 is 0 Å². The number of phenols is 1. The maximum Gasteiger partial charge on any atom is 0.119 e. The van der Waals surface area contributed by atoms with Gasteiger partial charge in [0.15, 0.2) is 0 Å². The monoisotopic (exact) mass is 250 g/mol. The van der Waals surface area contributed by atoms with Crippen molar-refractivity contribution in [1.82, 2.24) is 0 Å². The Labute approximate surface area is 109 Å². The first-order chi connectivity index (χ1) is 8.83. The van der Waals surface area contributed by atoms with Crippen LogP contribution in [0.25, 0.3) is 0 Å². The first kappa shape index (κ1) is 14.5. The molecule has 1 rings (SSSR count). The summed E-state index contributed by atoms with van der Waals surface area (Å²) in [5.41, 5.74) is 0.677. The predicted octanol–water partition coefficient (Wildman–Crippen LogP) is 4.77. The van der Waals surface area contributed by atoms with Crippen LogP contribution in [0.2, 0.25) is 0 Å². The van der Waals surface area contributed by atoms with Crippen LogP contribution in [0.5, 0.6) is 5.75 Å². The second-order valence-electron chi connectivity index (χ2n) is 4.30. The van der Waals surface area contributed by atoms with Crippen LogP contribution in [-0.4, -0.2) is 11.7 Å². The molecule has 0 spiro atoms. The summed E-state index contributed by atoms with van der Waals surface area (Å²) < 4.78 is 0. The molecule has 0 saturated carbocycles. The summed E-state index contributed by atoms with van der Waals surface area (Å²) in [4.78, 5) is 5.07. The average Bonchev–Trinajstić information content (AvgIpc) is 2.39. The fraction of sp³-hybridized carbons (Fsp3) is 0.571. The Morgan fingerprint density at radius 1 is 1.00 bits per heavy atom. The SMILES string of the molecule is CCCCCCCCON=Nc1ccc(O)cc1. The quantitative estimate of drug-likeness (QED) is 0.390. The largest absolute Gasteiger partial charge is 0.508 e. The number of phenolic OH excluding ortho intramolecular Hbond substituents is 1. The molecule has 1 N–H and O–H groups in total. The van der Waals surface area contributed by atoms with Gasteiger partial charge >= 0.3 is 0 Å². The van der Waals surface area contributed by atoms with Gasteiger partial charge in [-0.1, -0.05) is 32.6 Å². The Bertz CT molecular complexity index is 336. The van der Waals surface area contributed by atoms with Crippen molar-refractivity contribution < 1.29 is 9.94 Å². The lowest BCUT2D eigenvalue weighted by Gasteiger charge is -1.99. The van der Waals surface area contributed by atoms with Gasteiger partial charge in [0, 0.05) is 5.28 Å². The predicted molar refractivity (Wildman–Crippen MR) is 72.0 cm³/mol. The Balaban J connectivity index is 2.02. The summed E-state index contributed by atoms with van der Waals surface area (Å²) in [5.74, 6) is 0.224. The number of unbranched alkanes of at least 4 members (excludes halogenated alkanes) is 5. The van der Waals surface area contributed by atoms with Crippen LogP contribution in [0.1, 0.15) is 45.4 Å². The summed E-state index contributed by atoms with van der Waals surface area (Å²) in [7, 11) is 0. The first-order valence-electron chi connectivity index (χ1n) is 6.65. The van der Waals surface area contributed by atoms with Crippen molar-refractivity contribution in [3.8, 4) is 5.75 Å². The molecule has 1 aromatic carbocycles. The van der Waals surface area contributed by atoms with Gasteiger partial charge < -0.3 is 9.94 Å². The number of benzene rings is 1. The number of aromatic hydroxyl groups is 1. The molecule has 0 heterocycles. The van der Waals surface area contributed by atoms with Gasteiger partial charge in [-0.2, -0.15) is 0 Å². The molecule has 0 aromatic heterocycles. The van der Waals surface area contributed by atoms with Crippen molar-refractivity contribution in [2.45, 2.75) is 45.4 Å². The zero-order chi connectivity index (χ0) is 13.1. The molecule has 0 aliphatic carbocycles. The third kappa shape index (κ3) is 6.89. The molecule has 4 heteroatoms. The van der Waals surface area contributed by atoms with Crippen molar-refractivity contribution >= 4 is 5.69 Å². The Morgan fingerprint density at radius 3 is 2.39 bits per heavy atom. The van der Waals surface area contributed by atoms with Gasteiger partial charge in [-0.15, -0.1) is 5.11 Å². The minimum absolute atomic E-state index is 0.224. The third-order valence-electron chi connectivity index (χ3n) is 2.65. The van der Waals surface area contributed by atoms with E-state index in [1.54, 1.807) is 24.3 Å². The average molecular weight is 250 g/mol. The summed E-state index contributed by atoms with van der Waals surface area (Å²) >= 11 is 0. The summed E-state index contributed by atoms with van der Waals surface area (Å²) in [5, 5.41) is 16.6. The molecule has 0 bridgehead atoms. The van der Waals surface area contributed by atoms with E-state index in [1.165, 1.54) is 32.1 Å². The van der Waals surface area contributed by atoms with Gasteiger partial charge in [0.1, 0.15) is 12.4 Å². The highest BCUT2D eigenvalue weighted by atomic mass is 16.6. The minimum Gasteiger partial charge on any atom is -0.508 e. The third-order valence-corrected chi connectivity index (χ3v) is 2.65. The summed E-state index contributed by atoms with van der Waals surface area (Å²) in [6, 6.07) is 6.52. The van der Waals surface area contributed by atoms with Crippen LogP contribution in [0.3, 0.4) is 0 Å². The van der Waals surface area contributed by atoms with E-state index >= 15 is 0 Å². The van der Waals surface area contributed by atoms with E-state index in [2.05, 4.69) is 17.3 Å². The lowest BCUT2D eigenvalue weighted by molar-refractivity contribution is 0.121. The number of nitrogens with zero attached hydrogens (tertiary/aromatic N) is 2. The van der Waals surface area contributed by atoms with Gasteiger partial charge in [0.2, 0.25) is 0 Å². The van der Waals surface area contributed by atoms with Crippen LogP contribution in [0.4, 0.5) is 5.69 Å². The van der Waals surface area contributed by atoms with E-state index in [1.807, 2.05) is 0 Å². The van der Waals surface area contributed by atoms with E-state index < -0.39 is 0 Å². The second-order valence-corrected chi connectivity index (χ2v) is 4.30. The molecule has 4 nitrogen and oxygen atoms in total. The van der Waals surface area contributed by atoms with Crippen molar-refractivity contribution in [3.05, 3.63) is 24.3 Å². The molecular formula is C14H22N2O2. The minimum atomic E-state index is 0.224. The normalized spacial score (nSPS) is 10.9. The highest BCUT2D eigenvalue weighted by Crippen LogP contribution is 2.16. The molecule has 1 aromatic rings. The van der Waals surface area contributed by atoms with Crippen LogP contribution in [0.15, 0.2) is 34.7 Å². The second kappa shape index (κ2) is 9.45. The topological polar surface area (TPSA) is 54.2 Å². The summed E-state index contributed by atoms with van der Waals surface area (Å²) in [6.07, 6.45) is 7.39. The van der Waals surface area contributed by atoms with Gasteiger partial charge in [-0.05, 0) is 37.1 Å². The highest BCUT2D eigenvalue weighted by Gasteiger charge is 1.91. The molecule has 0 saturated heterocycles. The maximum atomic E-state index is 9.08. The Kier molecular flexibility index (Phi) is 7.60. The van der Waals surface area contributed by atoms with Crippen molar-refractivity contribution in [2.75, 3.05) is 6.61 Å². The van der Waals surface area contributed by atoms with E-state index in [9.17, 15) is 0 Å². The van der Waals surface area contributed by atoms with E-state index in [-0.39, 0.29) is 5.75 Å². The van der Waals surface area contributed by atoms with Crippen LogP contribution in [-0.2, 0) is 4.84 Å². The van der Waals surface area contributed by atoms with E-state index in [4.69, 9.17) is 9.94 Å². The Morgan fingerprint density at radius 2 is 1.67 bits per heavy atom. The molecule has 18 heavy (non-hydrogen) atoms. The van der Waals surface area contributed by atoms with Crippen LogP contribution in [0, 0.1) is 0 Å². The van der Waals surface area contributed by atoms with Crippen LogP contribution >= 0.6 is 0 Å². The van der Waals surface area contributed by atoms with Gasteiger partial charge in [-0.25, -0.2) is 0 Å². The van der Waals surface area contributed by atoms with Crippen molar-refractivity contribution in [3.63, 3.8) is 0 Å².